The topological polar surface area (TPSA) is 23.5 Å². The monoisotopic (exact) mass is 233 g/mol. The molecule has 17 heavy (non-hydrogen) atoms. The smallest absolute Gasteiger partial charge is 0.0761 e. The molecule has 2 heteroatoms. The van der Waals surface area contributed by atoms with Gasteiger partial charge in [0.15, 0.2) is 0 Å². The number of aliphatic hydroxyl groups excluding tert-OH is 1. The van der Waals surface area contributed by atoms with Crippen molar-refractivity contribution in [2.75, 3.05) is 11.4 Å². The van der Waals surface area contributed by atoms with Crippen molar-refractivity contribution in [2.24, 2.45) is 0 Å². The van der Waals surface area contributed by atoms with Crippen molar-refractivity contribution < 1.29 is 5.11 Å². The second kappa shape index (κ2) is 5.37. The van der Waals surface area contributed by atoms with Crippen molar-refractivity contribution >= 4 is 5.69 Å². The van der Waals surface area contributed by atoms with Crippen LogP contribution in [0.25, 0.3) is 0 Å². The Morgan fingerprint density at radius 3 is 2.18 bits per heavy atom. The van der Waals surface area contributed by atoms with E-state index in [4.69, 9.17) is 0 Å². The van der Waals surface area contributed by atoms with E-state index >= 15 is 0 Å². The van der Waals surface area contributed by atoms with Crippen LogP contribution in [0.1, 0.15) is 39.4 Å². The largest absolute Gasteiger partial charge is 0.389 e. The highest BCUT2D eigenvalue weighted by atomic mass is 16.3. The molecule has 0 amide bonds. The molecule has 0 fully saturated rings. The van der Waals surface area contributed by atoms with Crippen LogP contribution in [0.4, 0.5) is 5.69 Å². The van der Waals surface area contributed by atoms with E-state index in [1.54, 1.807) is 6.92 Å². The van der Waals surface area contributed by atoms with Crippen LogP contribution in [0.15, 0.2) is 36.9 Å². The quantitative estimate of drug-likeness (QED) is 0.804. The Bertz CT molecular complexity index is 360. The van der Waals surface area contributed by atoms with Crippen molar-refractivity contribution in [3.8, 4) is 0 Å². The zero-order valence-electron chi connectivity index (χ0n) is 11.3. The second-order valence-electron chi connectivity index (χ2n) is 5.34. The van der Waals surface area contributed by atoms with Gasteiger partial charge < -0.3 is 10.0 Å². The summed E-state index contributed by atoms with van der Waals surface area (Å²) < 4.78 is 0. The van der Waals surface area contributed by atoms with Gasteiger partial charge >= 0.3 is 0 Å². The normalized spacial score (nSPS) is 13.2. The van der Waals surface area contributed by atoms with Crippen LogP contribution in [0, 0.1) is 0 Å². The third-order valence-electron chi connectivity index (χ3n) is 2.81. The Labute approximate surface area is 105 Å². The maximum Gasteiger partial charge on any atom is 0.0761 e. The maximum absolute atomic E-state index is 9.49. The summed E-state index contributed by atoms with van der Waals surface area (Å²) in [6.07, 6.45) is 1.50. The first-order chi connectivity index (χ1) is 7.86. The Balaban J connectivity index is 2.99. The summed E-state index contributed by atoms with van der Waals surface area (Å²) in [7, 11) is 0. The lowest BCUT2D eigenvalue weighted by molar-refractivity contribution is 0.199. The van der Waals surface area contributed by atoms with E-state index < -0.39 is 6.10 Å². The Morgan fingerprint density at radius 2 is 1.82 bits per heavy atom. The third kappa shape index (κ3) is 3.60. The van der Waals surface area contributed by atoms with Gasteiger partial charge in [-0.15, -0.1) is 6.58 Å². The first-order valence-electron chi connectivity index (χ1n) is 6.03. The predicted molar refractivity (Wildman–Crippen MR) is 74.4 cm³/mol. The predicted octanol–water partition coefficient (Wildman–Crippen LogP) is 3.53. The van der Waals surface area contributed by atoms with Gasteiger partial charge in [-0.3, -0.25) is 0 Å². The molecule has 0 spiro atoms. The minimum Gasteiger partial charge on any atom is -0.389 e. The van der Waals surface area contributed by atoms with Crippen LogP contribution in [0.3, 0.4) is 0 Å². The molecule has 1 N–H and O–H groups in total. The summed E-state index contributed by atoms with van der Waals surface area (Å²) in [4.78, 5) is 2.28. The fraction of sp³-hybridized carbons (Fsp3) is 0.467. The Kier molecular flexibility index (Phi) is 4.35. The van der Waals surface area contributed by atoms with Crippen molar-refractivity contribution in [3.05, 3.63) is 42.5 Å². The minimum atomic E-state index is -0.411. The SMILES string of the molecule is C=CCN(c1ccc([C@@H](C)O)cc1)C(C)(C)C. The number of anilines is 1. The number of rotatable bonds is 4. The summed E-state index contributed by atoms with van der Waals surface area (Å²) in [5.74, 6) is 0. The molecule has 0 radical (unpaired) electrons. The molecule has 1 atom stereocenters. The average molecular weight is 233 g/mol. The van der Waals surface area contributed by atoms with E-state index in [1.807, 2.05) is 18.2 Å². The molecule has 0 saturated heterocycles. The number of benzene rings is 1. The molecule has 1 aromatic rings. The molecule has 0 heterocycles. The highest BCUT2D eigenvalue weighted by molar-refractivity contribution is 5.50. The molecule has 1 aromatic carbocycles. The summed E-state index contributed by atoms with van der Waals surface area (Å²) in [6.45, 7) is 12.9. The minimum absolute atomic E-state index is 0.0561. The summed E-state index contributed by atoms with van der Waals surface area (Å²) in [5, 5.41) is 9.49. The maximum atomic E-state index is 9.49. The van der Waals surface area contributed by atoms with Gasteiger partial charge in [0.05, 0.1) is 6.10 Å². The number of nitrogens with zero attached hydrogens (tertiary/aromatic N) is 1. The van der Waals surface area contributed by atoms with Crippen molar-refractivity contribution in [3.63, 3.8) is 0 Å². The molecule has 0 aliphatic heterocycles. The molecule has 0 aliphatic rings. The van der Waals surface area contributed by atoms with E-state index in [0.29, 0.717) is 0 Å². The van der Waals surface area contributed by atoms with Crippen LogP contribution in [0.5, 0.6) is 0 Å². The summed E-state index contributed by atoms with van der Waals surface area (Å²) in [5.41, 5.74) is 2.16. The lowest BCUT2D eigenvalue weighted by atomic mass is 10.0. The lowest BCUT2D eigenvalue weighted by Gasteiger charge is -2.37. The number of hydrogen-bond acceptors (Lipinski definition) is 2. The zero-order valence-corrected chi connectivity index (χ0v) is 11.3. The van der Waals surface area contributed by atoms with Crippen molar-refractivity contribution in [1.29, 1.82) is 0 Å². The summed E-state index contributed by atoms with van der Waals surface area (Å²) in [6, 6.07) is 8.05. The highest BCUT2D eigenvalue weighted by Gasteiger charge is 2.20. The van der Waals surface area contributed by atoms with Crippen LogP contribution in [0.2, 0.25) is 0 Å². The zero-order chi connectivity index (χ0) is 13.1. The van der Waals surface area contributed by atoms with Crippen LogP contribution < -0.4 is 4.90 Å². The highest BCUT2D eigenvalue weighted by Crippen LogP contribution is 2.25. The van der Waals surface area contributed by atoms with Gasteiger partial charge in [-0.05, 0) is 45.4 Å². The second-order valence-corrected chi connectivity index (χ2v) is 5.34. The van der Waals surface area contributed by atoms with Crippen LogP contribution >= 0.6 is 0 Å². The van der Waals surface area contributed by atoms with E-state index in [1.165, 1.54) is 0 Å². The fourth-order valence-corrected chi connectivity index (χ4v) is 1.83. The van der Waals surface area contributed by atoms with Gasteiger partial charge in [-0.2, -0.15) is 0 Å². The molecule has 0 saturated carbocycles. The molecule has 1 rings (SSSR count). The third-order valence-corrected chi connectivity index (χ3v) is 2.81. The molecular formula is C15H23NO. The summed E-state index contributed by atoms with van der Waals surface area (Å²) >= 11 is 0. The molecule has 2 nitrogen and oxygen atoms in total. The number of aliphatic hydroxyl groups is 1. The Morgan fingerprint density at radius 1 is 1.29 bits per heavy atom. The first kappa shape index (κ1) is 13.8. The number of hydrogen-bond donors (Lipinski definition) is 1. The van der Waals surface area contributed by atoms with Gasteiger partial charge in [-0.25, -0.2) is 0 Å². The van der Waals surface area contributed by atoms with Gasteiger partial charge in [0, 0.05) is 17.8 Å². The molecular weight excluding hydrogens is 210 g/mol. The van der Waals surface area contributed by atoms with Gasteiger partial charge in [0.1, 0.15) is 0 Å². The van der Waals surface area contributed by atoms with E-state index in [9.17, 15) is 5.11 Å². The Hall–Kier alpha value is -1.28. The van der Waals surface area contributed by atoms with Crippen molar-refractivity contribution in [1.82, 2.24) is 0 Å². The van der Waals surface area contributed by atoms with Gasteiger partial charge in [0.25, 0.3) is 0 Å². The van der Waals surface area contributed by atoms with E-state index in [2.05, 4.69) is 44.4 Å². The van der Waals surface area contributed by atoms with Gasteiger partial charge in [-0.1, -0.05) is 18.2 Å². The molecule has 0 bridgehead atoms. The standard InChI is InChI=1S/C15H23NO/c1-6-11-16(15(3,4)5)14-9-7-13(8-10-14)12(2)17/h6-10,12,17H,1,11H2,2-5H3/t12-/m1/s1. The lowest BCUT2D eigenvalue weighted by Crippen LogP contribution is -2.41. The van der Waals surface area contributed by atoms with Gasteiger partial charge in [0.2, 0.25) is 0 Å². The molecule has 0 unspecified atom stereocenters. The molecule has 0 aliphatic carbocycles. The van der Waals surface area contributed by atoms with Crippen LogP contribution in [-0.2, 0) is 0 Å². The van der Waals surface area contributed by atoms with Crippen molar-refractivity contribution in [2.45, 2.75) is 39.3 Å². The van der Waals surface area contributed by atoms with E-state index in [-0.39, 0.29) is 5.54 Å². The van der Waals surface area contributed by atoms with E-state index in [0.717, 1.165) is 17.8 Å². The average Bonchev–Trinajstić information content (AvgIpc) is 2.24. The first-order valence-corrected chi connectivity index (χ1v) is 6.03. The van der Waals surface area contributed by atoms with Crippen LogP contribution in [-0.4, -0.2) is 17.2 Å². The molecule has 94 valence electrons. The fourth-order valence-electron chi connectivity index (χ4n) is 1.83. The molecule has 0 aromatic heterocycles.